The van der Waals surface area contributed by atoms with Crippen LogP contribution in [0.1, 0.15) is 11.1 Å². The lowest BCUT2D eigenvalue weighted by Gasteiger charge is -2.13. The van der Waals surface area contributed by atoms with Crippen molar-refractivity contribution in [3.63, 3.8) is 0 Å². The van der Waals surface area contributed by atoms with E-state index < -0.39 is 0 Å². The van der Waals surface area contributed by atoms with Crippen molar-refractivity contribution in [3.8, 4) is 55.8 Å². The minimum atomic E-state index is 0.890. The highest BCUT2D eigenvalue weighted by Crippen LogP contribution is 2.43. The van der Waals surface area contributed by atoms with Crippen molar-refractivity contribution in [2.24, 2.45) is 0 Å². The Bertz CT molecular complexity index is 2640. The highest BCUT2D eigenvalue weighted by Gasteiger charge is 2.19. The number of hydrogen-bond donors (Lipinski definition) is 0. The molecule has 9 aromatic rings. The molecule has 0 atom stereocenters. The first-order chi connectivity index (χ1) is 24.1. The Labute approximate surface area is 286 Å². The molecule has 0 fully saturated rings. The van der Waals surface area contributed by atoms with E-state index in [1.54, 1.807) is 0 Å². The van der Waals surface area contributed by atoms with Crippen molar-refractivity contribution in [1.82, 2.24) is 0 Å². The third-order valence-corrected chi connectivity index (χ3v) is 9.86. The largest absolute Gasteiger partial charge is 0.455 e. The van der Waals surface area contributed by atoms with E-state index in [4.69, 9.17) is 4.42 Å². The van der Waals surface area contributed by atoms with Gasteiger partial charge in [0, 0.05) is 16.5 Å². The molecule has 0 bridgehead atoms. The van der Waals surface area contributed by atoms with E-state index in [0.29, 0.717) is 0 Å². The Kier molecular flexibility index (Phi) is 6.99. The molecule has 0 saturated carbocycles. The summed E-state index contributed by atoms with van der Waals surface area (Å²) in [5.41, 5.74) is 14.0. The van der Waals surface area contributed by atoms with Gasteiger partial charge in [-0.3, -0.25) is 0 Å². The zero-order valence-electron chi connectivity index (χ0n) is 27.6. The molecular formula is C48H34O. The van der Waals surface area contributed by atoms with Crippen LogP contribution in [0.25, 0.3) is 88.3 Å². The van der Waals surface area contributed by atoms with Crippen LogP contribution in [-0.2, 0) is 0 Å². The highest BCUT2D eigenvalue weighted by atomic mass is 16.3. The van der Waals surface area contributed by atoms with Gasteiger partial charge in [0.2, 0.25) is 0 Å². The first-order valence-electron chi connectivity index (χ1n) is 16.9. The maximum absolute atomic E-state index is 6.75. The van der Waals surface area contributed by atoms with E-state index in [0.717, 1.165) is 39.0 Å². The van der Waals surface area contributed by atoms with E-state index in [2.05, 4.69) is 184 Å². The summed E-state index contributed by atoms with van der Waals surface area (Å²) in [6.07, 6.45) is 0. The average Bonchev–Trinajstić information content (AvgIpc) is 3.54. The average molecular weight is 627 g/mol. The van der Waals surface area contributed by atoms with E-state index in [1.807, 2.05) is 0 Å². The van der Waals surface area contributed by atoms with Gasteiger partial charge in [-0.25, -0.2) is 0 Å². The Morgan fingerprint density at radius 3 is 1.57 bits per heavy atom. The Hall–Kier alpha value is -6.18. The second-order valence-corrected chi connectivity index (χ2v) is 13.1. The summed E-state index contributed by atoms with van der Waals surface area (Å²) in [5.74, 6) is 0.906. The van der Waals surface area contributed by atoms with Gasteiger partial charge in [0.1, 0.15) is 11.3 Å². The molecule has 232 valence electrons. The highest BCUT2D eigenvalue weighted by molar-refractivity contribution is 6.08. The molecule has 0 aliphatic rings. The predicted molar refractivity (Wildman–Crippen MR) is 208 cm³/mol. The van der Waals surface area contributed by atoms with Crippen LogP contribution in [0.3, 0.4) is 0 Å². The number of fused-ring (bicyclic) bond motifs is 3. The SMILES string of the molecule is Cc1ccc(-c2oc3cc(-c4ccc(-c5ccc(-c6ccc7ccccc7c6)cc5)c5ccccc45)ccc3c2-c2ccc(C)cc2)cc1. The maximum atomic E-state index is 6.75. The van der Waals surface area contributed by atoms with Gasteiger partial charge < -0.3 is 4.42 Å². The van der Waals surface area contributed by atoms with Crippen LogP contribution >= 0.6 is 0 Å². The molecule has 0 aliphatic heterocycles. The molecule has 0 radical (unpaired) electrons. The van der Waals surface area contributed by atoms with Gasteiger partial charge in [0.25, 0.3) is 0 Å². The molecule has 0 aliphatic carbocycles. The van der Waals surface area contributed by atoms with Crippen molar-refractivity contribution in [2.45, 2.75) is 13.8 Å². The second-order valence-electron chi connectivity index (χ2n) is 13.1. The lowest BCUT2D eigenvalue weighted by molar-refractivity contribution is 0.632. The standard InChI is InChI=1S/C48H34O/c1-31-11-15-36(16-12-31)47-45-26-25-40(30-46(45)49-48(47)37-17-13-32(2)14-18-37)42-28-27-41(43-9-5-6-10-44(42)43)35-22-19-34(20-23-35)39-24-21-33-7-3-4-8-38(33)29-39/h3-30H,1-2H3. The van der Waals surface area contributed by atoms with E-state index in [-0.39, 0.29) is 0 Å². The minimum absolute atomic E-state index is 0.890. The normalized spacial score (nSPS) is 11.5. The van der Waals surface area contributed by atoms with Crippen LogP contribution in [0.15, 0.2) is 174 Å². The van der Waals surface area contributed by atoms with Crippen molar-refractivity contribution in [2.75, 3.05) is 0 Å². The number of benzene rings is 8. The molecule has 49 heavy (non-hydrogen) atoms. The number of rotatable bonds is 5. The monoisotopic (exact) mass is 626 g/mol. The summed E-state index contributed by atoms with van der Waals surface area (Å²) in [4.78, 5) is 0. The van der Waals surface area contributed by atoms with Crippen molar-refractivity contribution in [3.05, 3.63) is 181 Å². The van der Waals surface area contributed by atoms with Gasteiger partial charge in [-0.1, -0.05) is 163 Å². The molecule has 0 N–H and O–H groups in total. The van der Waals surface area contributed by atoms with Crippen molar-refractivity contribution >= 4 is 32.5 Å². The Balaban J connectivity index is 1.13. The van der Waals surface area contributed by atoms with Crippen LogP contribution in [0.2, 0.25) is 0 Å². The molecule has 1 heteroatoms. The molecule has 1 nitrogen and oxygen atoms in total. The second kappa shape index (κ2) is 11.8. The van der Waals surface area contributed by atoms with Gasteiger partial charge in [0.05, 0.1) is 0 Å². The number of hydrogen-bond acceptors (Lipinski definition) is 1. The van der Waals surface area contributed by atoms with Gasteiger partial charge in [-0.2, -0.15) is 0 Å². The van der Waals surface area contributed by atoms with E-state index in [9.17, 15) is 0 Å². The predicted octanol–water partition coefficient (Wildman–Crippen LogP) is 13.7. The smallest absolute Gasteiger partial charge is 0.143 e. The summed E-state index contributed by atoms with van der Waals surface area (Å²) >= 11 is 0. The zero-order chi connectivity index (χ0) is 32.9. The Morgan fingerprint density at radius 1 is 0.347 bits per heavy atom. The van der Waals surface area contributed by atoms with Gasteiger partial charge >= 0.3 is 0 Å². The molecule has 0 unspecified atom stereocenters. The van der Waals surface area contributed by atoms with Crippen LogP contribution in [0.4, 0.5) is 0 Å². The van der Waals surface area contributed by atoms with Crippen LogP contribution in [0.5, 0.6) is 0 Å². The van der Waals surface area contributed by atoms with Crippen molar-refractivity contribution in [1.29, 1.82) is 0 Å². The maximum Gasteiger partial charge on any atom is 0.143 e. The quantitative estimate of drug-likeness (QED) is 0.185. The van der Waals surface area contributed by atoms with E-state index in [1.165, 1.54) is 60.5 Å². The fourth-order valence-corrected chi connectivity index (χ4v) is 7.19. The van der Waals surface area contributed by atoms with Crippen LogP contribution < -0.4 is 0 Å². The number of furan rings is 1. The lowest BCUT2D eigenvalue weighted by atomic mass is 9.90. The molecule has 1 heterocycles. The van der Waals surface area contributed by atoms with E-state index >= 15 is 0 Å². The first kappa shape index (κ1) is 29.0. The molecule has 1 aromatic heterocycles. The summed E-state index contributed by atoms with van der Waals surface area (Å²) in [6.45, 7) is 4.24. The van der Waals surface area contributed by atoms with Gasteiger partial charge in [-0.15, -0.1) is 0 Å². The molecule has 0 amide bonds. The van der Waals surface area contributed by atoms with Crippen molar-refractivity contribution < 1.29 is 4.42 Å². The molecule has 0 saturated heterocycles. The third-order valence-electron chi connectivity index (χ3n) is 9.86. The Morgan fingerprint density at radius 2 is 0.878 bits per heavy atom. The zero-order valence-corrected chi connectivity index (χ0v) is 27.6. The molecule has 0 spiro atoms. The van der Waals surface area contributed by atoms with Gasteiger partial charge in [-0.05, 0) is 92.5 Å². The van der Waals surface area contributed by atoms with Crippen LogP contribution in [-0.4, -0.2) is 0 Å². The summed E-state index contributed by atoms with van der Waals surface area (Å²) in [7, 11) is 0. The minimum Gasteiger partial charge on any atom is -0.455 e. The lowest BCUT2D eigenvalue weighted by Crippen LogP contribution is -1.87. The molecular weight excluding hydrogens is 593 g/mol. The summed E-state index contributed by atoms with van der Waals surface area (Å²) in [6, 6.07) is 61.5. The summed E-state index contributed by atoms with van der Waals surface area (Å²) < 4.78 is 6.75. The fraction of sp³-hybridized carbons (Fsp3) is 0.0417. The number of aryl methyl sites for hydroxylation is 2. The first-order valence-corrected chi connectivity index (χ1v) is 16.9. The third kappa shape index (κ3) is 5.21. The molecule has 9 rings (SSSR count). The summed E-state index contributed by atoms with van der Waals surface area (Å²) in [5, 5.41) is 6.10. The van der Waals surface area contributed by atoms with Gasteiger partial charge in [0.15, 0.2) is 0 Å². The van der Waals surface area contributed by atoms with Crippen LogP contribution in [0, 0.1) is 13.8 Å². The topological polar surface area (TPSA) is 13.1 Å². The molecule has 8 aromatic carbocycles. The fourth-order valence-electron chi connectivity index (χ4n) is 7.19.